The number of hydrogen-bond donors (Lipinski definition) is 2. The van der Waals surface area contributed by atoms with Gasteiger partial charge in [0.25, 0.3) is 0 Å². The lowest BCUT2D eigenvalue weighted by Crippen LogP contribution is -2.66. The molecular weight excluding hydrogens is 184 g/mol. The van der Waals surface area contributed by atoms with E-state index in [1.54, 1.807) is 0 Å². The highest BCUT2D eigenvalue weighted by atomic mass is 28.4. The molecule has 0 atom stereocenters. The van der Waals surface area contributed by atoms with E-state index < -0.39 is 8.88 Å². The maximum absolute atomic E-state index is 5.62. The van der Waals surface area contributed by atoms with Crippen LogP contribution >= 0.6 is 0 Å². The van der Waals surface area contributed by atoms with Gasteiger partial charge in [-0.2, -0.15) is 0 Å². The van der Waals surface area contributed by atoms with Gasteiger partial charge in [-0.1, -0.05) is 6.92 Å². The van der Waals surface area contributed by atoms with Gasteiger partial charge >= 0.3 is 8.88 Å². The zero-order valence-electron chi connectivity index (χ0n) is 9.14. The Hall–Kier alpha value is 0.0569. The Kier molecular flexibility index (Phi) is 7.49. The summed E-state index contributed by atoms with van der Waals surface area (Å²) in [6, 6.07) is 0. The third-order valence-electron chi connectivity index (χ3n) is 1.63. The van der Waals surface area contributed by atoms with Crippen LogP contribution in [0.1, 0.15) is 27.2 Å². The van der Waals surface area contributed by atoms with Crippen molar-refractivity contribution in [3.05, 3.63) is 0 Å². The van der Waals surface area contributed by atoms with Crippen LogP contribution in [-0.2, 0) is 8.85 Å². The Balaban J connectivity index is 4.07. The summed E-state index contributed by atoms with van der Waals surface area (Å²) in [5.41, 5.74) is 0. The minimum absolute atomic E-state index is 0.670. The number of hydrogen-bond acceptors (Lipinski definition) is 4. The Labute approximate surface area is 82.4 Å². The summed E-state index contributed by atoms with van der Waals surface area (Å²) < 4.78 is 11.2. The molecule has 4 nitrogen and oxygen atoms in total. The standard InChI is InChI=1S/C8H22N2O2Si/c1-5-8-10-13(9-4,11-6-2)12-7-3/h9-10H,5-8H2,1-4H3. The van der Waals surface area contributed by atoms with E-state index in [1.807, 2.05) is 20.9 Å². The van der Waals surface area contributed by atoms with Crippen molar-refractivity contribution in [2.45, 2.75) is 27.2 Å². The highest BCUT2D eigenvalue weighted by Gasteiger charge is 2.36. The van der Waals surface area contributed by atoms with Crippen LogP contribution in [0.3, 0.4) is 0 Å². The molecule has 0 aliphatic carbocycles. The third kappa shape index (κ3) is 4.73. The van der Waals surface area contributed by atoms with E-state index in [0.29, 0.717) is 13.2 Å². The summed E-state index contributed by atoms with van der Waals surface area (Å²) in [4.78, 5) is 6.45. The topological polar surface area (TPSA) is 42.5 Å². The van der Waals surface area contributed by atoms with Crippen LogP contribution in [0.5, 0.6) is 0 Å². The normalized spacial score (nSPS) is 12.0. The molecule has 0 aromatic carbocycles. The van der Waals surface area contributed by atoms with Crippen LogP contribution in [0, 0.1) is 0 Å². The van der Waals surface area contributed by atoms with Gasteiger partial charge in [-0.15, -0.1) is 0 Å². The van der Waals surface area contributed by atoms with Crippen LogP contribution in [-0.4, -0.2) is 35.7 Å². The van der Waals surface area contributed by atoms with Crippen molar-refractivity contribution < 1.29 is 8.85 Å². The fourth-order valence-electron chi connectivity index (χ4n) is 1.07. The van der Waals surface area contributed by atoms with Crippen LogP contribution in [0.25, 0.3) is 0 Å². The van der Waals surface area contributed by atoms with E-state index in [9.17, 15) is 0 Å². The average molecular weight is 206 g/mol. The van der Waals surface area contributed by atoms with Gasteiger partial charge in [-0.25, -0.2) is 0 Å². The molecule has 0 aromatic heterocycles. The second kappa shape index (κ2) is 7.46. The van der Waals surface area contributed by atoms with Crippen molar-refractivity contribution in [1.82, 2.24) is 9.96 Å². The number of rotatable bonds is 8. The van der Waals surface area contributed by atoms with E-state index in [4.69, 9.17) is 8.85 Å². The Morgan fingerprint density at radius 1 is 1.08 bits per heavy atom. The van der Waals surface area contributed by atoms with Crippen LogP contribution in [0.15, 0.2) is 0 Å². The maximum Gasteiger partial charge on any atom is 0.516 e. The molecule has 0 aromatic rings. The lowest BCUT2D eigenvalue weighted by atomic mass is 10.5. The van der Waals surface area contributed by atoms with Gasteiger partial charge in [0.1, 0.15) is 0 Å². The van der Waals surface area contributed by atoms with E-state index in [-0.39, 0.29) is 0 Å². The summed E-state index contributed by atoms with van der Waals surface area (Å²) in [6.07, 6.45) is 1.08. The van der Waals surface area contributed by atoms with Crippen molar-refractivity contribution in [2.75, 3.05) is 26.8 Å². The molecule has 0 saturated heterocycles. The fraction of sp³-hybridized carbons (Fsp3) is 1.00. The molecule has 2 N–H and O–H groups in total. The molecular formula is C8H22N2O2Si. The molecule has 0 bridgehead atoms. The third-order valence-corrected chi connectivity index (χ3v) is 4.40. The summed E-state index contributed by atoms with van der Waals surface area (Å²) in [7, 11) is -0.415. The van der Waals surface area contributed by atoms with Gasteiger partial charge in [0, 0.05) is 13.2 Å². The predicted molar refractivity (Wildman–Crippen MR) is 56.4 cm³/mol. The van der Waals surface area contributed by atoms with Gasteiger partial charge in [0.05, 0.1) is 0 Å². The largest absolute Gasteiger partial charge is 0.516 e. The molecule has 0 saturated carbocycles. The second-order valence-electron chi connectivity index (χ2n) is 2.66. The Bertz CT molecular complexity index is 119. The second-order valence-corrected chi connectivity index (χ2v) is 5.32. The van der Waals surface area contributed by atoms with E-state index in [2.05, 4.69) is 16.9 Å². The first-order valence-electron chi connectivity index (χ1n) is 4.96. The highest BCUT2D eigenvalue weighted by molar-refractivity contribution is 6.62. The number of nitrogens with one attached hydrogen (secondary N) is 2. The quantitative estimate of drug-likeness (QED) is 0.574. The first-order chi connectivity index (χ1) is 6.24. The summed E-state index contributed by atoms with van der Waals surface area (Å²) in [5.74, 6) is 0. The zero-order chi connectivity index (χ0) is 10.2. The smallest absolute Gasteiger partial charge is 0.371 e. The molecule has 0 radical (unpaired) electrons. The first kappa shape index (κ1) is 13.1. The average Bonchev–Trinajstić information content (AvgIpc) is 2.15. The molecule has 80 valence electrons. The van der Waals surface area contributed by atoms with E-state index in [1.165, 1.54) is 0 Å². The lowest BCUT2D eigenvalue weighted by Gasteiger charge is -2.28. The van der Waals surface area contributed by atoms with Crippen LogP contribution in [0.2, 0.25) is 0 Å². The molecule has 0 heterocycles. The van der Waals surface area contributed by atoms with Gasteiger partial charge in [-0.3, -0.25) is 9.96 Å². The van der Waals surface area contributed by atoms with Crippen molar-refractivity contribution in [3.63, 3.8) is 0 Å². The van der Waals surface area contributed by atoms with Crippen molar-refractivity contribution >= 4 is 8.88 Å². The minimum atomic E-state index is -2.29. The predicted octanol–water partition coefficient (Wildman–Crippen LogP) is 0.714. The van der Waals surface area contributed by atoms with Gasteiger partial charge in [0.2, 0.25) is 0 Å². The summed E-state index contributed by atoms with van der Waals surface area (Å²) in [5, 5.41) is 0. The highest BCUT2D eigenvalue weighted by Crippen LogP contribution is 1.98. The molecule has 0 aliphatic rings. The van der Waals surface area contributed by atoms with Crippen molar-refractivity contribution in [2.24, 2.45) is 0 Å². The molecule has 0 spiro atoms. The monoisotopic (exact) mass is 206 g/mol. The Morgan fingerprint density at radius 3 is 1.92 bits per heavy atom. The van der Waals surface area contributed by atoms with E-state index in [0.717, 1.165) is 13.0 Å². The lowest BCUT2D eigenvalue weighted by molar-refractivity contribution is 0.162. The summed E-state index contributed by atoms with van der Waals surface area (Å²) >= 11 is 0. The van der Waals surface area contributed by atoms with Gasteiger partial charge < -0.3 is 8.85 Å². The first-order valence-corrected chi connectivity index (χ1v) is 6.78. The molecule has 0 fully saturated rings. The van der Waals surface area contributed by atoms with Gasteiger partial charge in [0.15, 0.2) is 0 Å². The molecule has 5 heteroatoms. The molecule has 0 rings (SSSR count). The molecule has 0 unspecified atom stereocenters. The Morgan fingerprint density at radius 2 is 1.62 bits per heavy atom. The van der Waals surface area contributed by atoms with Crippen LogP contribution in [0.4, 0.5) is 0 Å². The van der Waals surface area contributed by atoms with Crippen LogP contribution < -0.4 is 9.96 Å². The summed E-state index contributed by atoms with van der Waals surface area (Å²) in [6.45, 7) is 8.35. The zero-order valence-corrected chi connectivity index (χ0v) is 10.1. The SMILES string of the molecule is CCCN[Si](NC)(OCC)OCC. The maximum atomic E-state index is 5.62. The van der Waals surface area contributed by atoms with Crippen molar-refractivity contribution in [3.8, 4) is 0 Å². The van der Waals surface area contributed by atoms with Gasteiger partial charge in [-0.05, 0) is 33.9 Å². The molecule has 0 aliphatic heterocycles. The van der Waals surface area contributed by atoms with E-state index >= 15 is 0 Å². The molecule has 0 amide bonds. The minimum Gasteiger partial charge on any atom is -0.371 e. The fourth-order valence-corrected chi connectivity index (χ4v) is 3.22. The molecule has 13 heavy (non-hydrogen) atoms. The van der Waals surface area contributed by atoms with Crippen molar-refractivity contribution in [1.29, 1.82) is 0 Å².